The molecule has 188 valence electrons. The Bertz CT molecular complexity index is 1000. The van der Waals surface area contributed by atoms with Gasteiger partial charge in [-0.15, -0.1) is 0 Å². The lowest BCUT2D eigenvalue weighted by Crippen LogP contribution is -2.51. The van der Waals surface area contributed by atoms with E-state index in [0.717, 1.165) is 12.3 Å². The van der Waals surface area contributed by atoms with Crippen LogP contribution in [0.5, 0.6) is 11.5 Å². The first kappa shape index (κ1) is 25.0. The standard InChI is InChI=1S/C28H37N3O4/c1-28(2,3)19-30-25-13-8-14-29-26(32)20-9-7-12-23(15-20)34-18-21-16-24(17-31(21)27(25)33)35-22-10-5-4-6-11-22/h4-7,9-12,15,21,24-25,30H,8,13-14,16-19H2,1-3H3,(H,29,32)/t21-,24-,25-/m0/s1. The number of para-hydroxylation sites is 1. The predicted molar refractivity (Wildman–Crippen MR) is 136 cm³/mol. The summed E-state index contributed by atoms with van der Waals surface area (Å²) in [5.41, 5.74) is 0.620. The smallest absolute Gasteiger partial charge is 0.251 e. The monoisotopic (exact) mass is 479 g/mol. The van der Waals surface area contributed by atoms with Crippen LogP contribution in [-0.4, -0.2) is 61.1 Å². The highest BCUT2D eigenvalue weighted by Gasteiger charge is 2.39. The molecule has 1 fully saturated rings. The number of benzene rings is 2. The number of ether oxygens (including phenoxy) is 2. The number of hydrogen-bond acceptors (Lipinski definition) is 5. The van der Waals surface area contributed by atoms with Gasteiger partial charge < -0.3 is 25.0 Å². The molecule has 0 unspecified atom stereocenters. The molecule has 4 rings (SSSR count). The fraction of sp³-hybridized carbons (Fsp3) is 0.500. The minimum Gasteiger partial charge on any atom is -0.491 e. The number of nitrogens with one attached hydrogen (secondary N) is 2. The van der Waals surface area contributed by atoms with Crippen molar-refractivity contribution in [3.8, 4) is 11.5 Å². The largest absolute Gasteiger partial charge is 0.491 e. The highest BCUT2D eigenvalue weighted by atomic mass is 16.5. The lowest BCUT2D eigenvalue weighted by molar-refractivity contribution is -0.135. The quantitative estimate of drug-likeness (QED) is 0.700. The third-order valence-electron chi connectivity index (χ3n) is 6.38. The first-order valence-electron chi connectivity index (χ1n) is 12.6. The Morgan fingerprint density at radius 2 is 1.91 bits per heavy atom. The summed E-state index contributed by atoms with van der Waals surface area (Å²) in [6, 6.07) is 16.5. The summed E-state index contributed by atoms with van der Waals surface area (Å²) in [5, 5.41) is 6.47. The second-order valence-electron chi connectivity index (χ2n) is 10.7. The molecule has 7 heteroatoms. The first-order chi connectivity index (χ1) is 16.8. The second-order valence-corrected chi connectivity index (χ2v) is 10.7. The molecule has 0 aliphatic carbocycles. The molecule has 0 saturated carbocycles. The van der Waals surface area contributed by atoms with Crippen molar-refractivity contribution in [2.75, 3.05) is 26.2 Å². The third kappa shape index (κ3) is 6.98. The number of rotatable bonds is 4. The van der Waals surface area contributed by atoms with E-state index in [2.05, 4.69) is 31.4 Å². The van der Waals surface area contributed by atoms with Crippen molar-refractivity contribution < 1.29 is 19.1 Å². The molecule has 0 aromatic heterocycles. The third-order valence-corrected chi connectivity index (χ3v) is 6.38. The number of fused-ring (bicyclic) bond motifs is 3. The number of carbonyl (C=O) groups excluding carboxylic acids is 2. The molecule has 2 heterocycles. The van der Waals surface area contributed by atoms with Gasteiger partial charge in [0.1, 0.15) is 24.2 Å². The van der Waals surface area contributed by atoms with Crippen molar-refractivity contribution in [3.05, 3.63) is 60.2 Å². The van der Waals surface area contributed by atoms with Gasteiger partial charge in [0.15, 0.2) is 0 Å². The first-order valence-corrected chi connectivity index (χ1v) is 12.6. The summed E-state index contributed by atoms with van der Waals surface area (Å²) in [5.74, 6) is 1.37. The van der Waals surface area contributed by atoms with Crippen molar-refractivity contribution >= 4 is 11.8 Å². The van der Waals surface area contributed by atoms with Gasteiger partial charge in [-0.2, -0.15) is 0 Å². The molecular formula is C28H37N3O4. The van der Waals surface area contributed by atoms with Gasteiger partial charge in [0.25, 0.3) is 5.91 Å². The van der Waals surface area contributed by atoms with Gasteiger partial charge in [-0.25, -0.2) is 0 Å². The van der Waals surface area contributed by atoms with Gasteiger partial charge in [-0.3, -0.25) is 9.59 Å². The summed E-state index contributed by atoms with van der Waals surface area (Å²) >= 11 is 0. The number of hydrogen-bond donors (Lipinski definition) is 2. The summed E-state index contributed by atoms with van der Waals surface area (Å²) in [6.07, 6.45) is 1.93. The molecule has 2 aromatic rings. The van der Waals surface area contributed by atoms with Crippen LogP contribution in [0.15, 0.2) is 54.6 Å². The molecule has 2 aliphatic rings. The van der Waals surface area contributed by atoms with Crippen LogP contribution in [-0.2, 0) is 4.79 Å². The Hall–Kier alpha value is -3.06. The van der Waals surface area contributed by atoms with Crippen LogP contribution in [0.2, 0.25) is 0 Å². The second kappa shape index (κ2) is 11.1. The van der Waals surface area contributed by atoms with E-state index in [1.54, 1.807) is 12.1 Å². The average molecular weight is 480 g/mol. The highest BCUT2D eigenvalue weighted by Crippen LogP contribution is 2.26. The van der Waals surface area contributed by atoms with Crippen LogP contribution in [0.3, 0.4) is 0 Å². The maximum Gasteiger partial charge on any atom is 0.251 e. The summed E-state index contributed by atoms with van der Waals surface area (Å²) in [6.45, 7) is 8.55. The minimum absolute atomic E-state index is 0.0444. The lowest BCUT2D eigenvalue weighted by Gasteiger charge is -2.31. The highest BCUT2D eigenvalue weighted by molar-refractivity contribution is 5.94. The summed E-state index contributed by atoms with van der Waals surface area (Å²) in [4.78, 5) is 28.3. The van der Waals surface area contributed by atoms with Crippen molar-refractivity contribution in [2.24, 2.45) is 5.41 Å². The lowest BCUT2D eigenvalue weighted by atomic mass is 9.96. The van der Waals surface area contributed by atoms with Gasteiger partial charge in [0.2, 0.25) is 5.91 Å². The zero-order chi connectivity index (χ0) is 24.8. The van der Waals surface area contributed by atoms with E-state index < -0.39 is 0 Å². The predicted octanol–water partition coefficient (Wildman–Crippen LogP) is 3.64. The topological polar surface area (TPSA) is 79.9 Å². The zero-order valence-corrected chi connectivity index (χ0v) is 21.0. The molecule has 2 aliphatic heterocycles. The molecule has 2 bridgehead atoms. The molecule has 35 heavy (non-hydrogen) atoms. The fourth-order valence-electron chi connectivity index (χ4n) is 4.55. The van der Waals surface area contributed by atoms with Crippen molar-refractivity contribution in [3.63, 3.8) is 0 Å². The zero-order valence-electron chi connectivity index (χ0n) is 21.0. The van der Waals surface area contributed by atoms with E-state index in [-0.39, 0.29) is 35.4 Å². The Morgan fingerprint density at radius 3 is 2.69 bits per heavy atom. The number of amides is 2. The Balaban J connectivity index is 1.56. The minimum atomic E-state index is -0.329. The van der Waals surface area contributed by atoms with Gasteiger partial charge in [-0.05, 0) is 48.6 Å². The van der Waals surface area contributed by atoms with E-state index in [4.69, 9.17) is 9.47 Å². The Morgan fingerprint density at radius 1 is 1.11 bits per heavy atom. The van der Waals surface area contributed by atoms with Crippen LogP contribution >= 0.6 is 0 Å². The molecule has 0 radical (unpaired) electrons. The average Bonchev–Trinajstić information content (AvgIpc) is 3.24. The van der Waals surface area contributed by atoms with E-state index in [9.17, 15) is 9.59 Å². The Kier molecular flexibility index (Phi) is 7.96. The van der Waals surface area contributed by atoms with Crippen LogP contribution in [0.25, 0.3) is 0 Å². The molecule has 1 saturated heterocycles. The maximum atomic E-state index is 13.8. The Labute approximate surface area is 208 Å². The van der Waals surface area contributed by atoms with Crippen molar-refractivity contribution in [1.82, 2.24) is 15.5 Å². The van der Waals surface area contributed by atoms with Gasteiger partial charge in [0, 0.05) is 25.1 Å². The molecule has 3 atom stereocenters. The number of nitrogens with zero attached hydrogens (tertiary/aromatic N) is 1. The van der Waals surface area contributed by atoms with Gasteiger partial charge in [0.05, 0.1) is 18.6 Å². The van der Waals surface area contributed by atoms with Crippen LogP contribution in [0.1, 0.15) is 50.4 Å². The molecule has 2 N–H and O–H groups in total. The summed E-state index contributed by atoms with van der Waals surface area (Å²) < 4.78 is 12.3. The van der Waals surface area contributed by atoms with Crippen molar-refractivity contribution in [1.29, 1.82) is 0 Å². The summed E-state index contributed by atoms with van der Waals surface area (Å²) in [7, 11) is 0. The van der Waals surface area contributed by atoms with E-state index in [1.807, 2.05) is 47.4 Å². The van der Waals surface area contributed by atoms with E-state index in [0.29, 0.717) is 50.3 Å². The normalized spacial score (nSPS) is 23.6. The van der Waals surface area contributed by atoms with Crippen LogP contribution < -0.4 is 20.1 Å². The molecule has 0 spiro atoms. The SMILES string of the molecule is CC(C)(C)CN[C@H]1CCCNC(=O)c2cccc(c2)OC[C@@H]2C[C@H](Oc3ccccc3)CN2C1=O. The van der Waals surface area contributed by atoms with Gasteiger partial charge >= 0.3 is 0 Å². The van der Waals surface area contributed by atoms with Crippen LogP contribution in [0, 0.1) is 5.41 Å². The molecule has 2 amide bonds. The molecule has 7 nitrogen and oxygen atoms in total. The van der Waals surface area contributed by atoms with Crippen LogP contribution in [0.4, 0.5) is 0 Å². The molecule has 2 aromatic carbocycles. The maximum absolute atomic E-state index is 13.8. The van der Waals surface area contributed by atoms with E-state index in [1.165, 1.54) is 0 Å². The molecular weight excluding hydrogens is 442 g/mol. The van der Waals surface area contributed by atoms with E-state index >= 15 is 0 Å². The fourth-order valence-corrected chi connectivity index (χ4v) is 4.55. The van der Waals surface area contributed by atoms with Crippen molar-refractivity contribution in [2.45, 2.75) is 58.2 Å². The van der Waals surface area contributed by atoms with Gasteiger partial charge in [-0.1, -0.05) is 45.0 Å². The number of carbonyl (C=O) groups is 2.